The van der Waals surface area contributed by atoms with E-state index in [1.165, 1.54) is 20.5 Å². The van der Waals surface area contributed by atoms with Crippen molar-refractivity contribution in [3.05, 3.63) is 64.2 Å². The van der Waals surface area contributed by atoms with Crippen LogP contribution in [-0.4, -0.2) is 24.0 Å². The number of amides is 1. The molecule has 0 unspecified atom stereocenters. The van der Waals surface area contributed by atoms with Crippen LogP contribution in [-0.2, 0) is 17.9 Å². The Hall–Kier alpha value is -2.70. The maximum atomic E-state index is 12.2. The number of carbonyl (C=O) groups is 1. The van der Waals surface area contributed by atoms with Gasteiger partial charge >= 0.3 is 0 Å². The van der Waals surface area contributed by atoms with Crippen LogP contribution in [0.2, 0.25) is 0 Å². The van der Waals surface area contributed by atoms with Gasteiger partial charge in [-0.25, -0.2) is 4.98 Å². The van der Waals surface area contributed by atoms with Crippen molar-refractivity contribution in [3.63, 3.8) is 0 Å². The molecular weight excluding hydrogens is 356 g/mol. The molecular formula is C21H22N4OS. The average molecular weight is 379 g/mol. The van der Waals surface area contributed by atoms with Gasteiger partial charge in [0, 0.05) is 47.0 Å². The molecule has 138 valence electrons. The largest absolute Gasteiger partial charge is 0.369 e. The second kappa shape index (κ2) is 7.90. The molecule has 1 amide bonds. The van der Waals surface area contributed by atoms with E-state index in [0.717, 1.165) is 36.6 Å². The molecule has 2 aromatic heterocycles. The quantitative estimate of drug-likeness (QED) is 0.609. The number of nitrogens with zero attached hydrogens (tertiary/aromatic N) is 1. The number of nitrogens with one attached hydrogen (secondary N) is 3. The summed E-state index contributed by atoms with van der Waals surface area (Å²) in [5, 5.41) is 10.9. The predicted molar refractivity (Wildman–Crippen MR) is 112 cm³/mol. The minimum absolute atomic E-state index is 0.0990. The average Bonchev–Trinajstić information content (AvgIpc) is 2.86. The van der Waals surface area contributed by atoms with E-state index < -0.39 is 0 Å². The Labute approximate surface area is 162 Å². The van der Waals surface area contributed by atoms with Crippen LogP contribution in [0.5, 0.6) is 0 Å². The molecule has 1 aliphatic rings. The van der Waals surface area contributed by atoms with Crippen molar-refractivity contribution in [2.45, 2.75) is 20.0 Å². The lowest BCUT2D eigenvalue weighted by atomic mass is 10.1. The molecule has 0 bridgehead atoms. The molecule has 0 saturated carbocycles. The number of thiophene rings is 1. The third-order valence-electron chi connectivity index (χ3n) is 4.69. The first-order valence-corrected chi connectivity index (χ1v) is 9.89. The number of hydrogen-bond acceptors (Lipinski definition) is 5. The Kier molecular flexibility index (Phi) is 5.18. The summed E-state index contributed by atoms with van der Waals surface area (Å²) in [6.45, 7) is 5.23. The number of hydrogen-bond donors (Lipinski definition) is 3. The van der Waals surface area contributed by atoms with E-state index in [1.54, 1.807) is 23.6 Å². The van der Waals surface area contributed by atoms with Crippen molar-refractivity contribution >= 4 is 39.2 Å². The number of aryl methyl sites for hydroxylation is 1. The second-order valence-electron chi connectivity index (χ2n) is 6.58. The smallest absolute Gasteiger partial charge is 0.244 e. The molecule has 6 heteroatoms. The summed E-state index contributed by atoms with van der Waals surface area (Å²) in [7, 11) is 0. The molecule has 27 heavy (non-hydrogen) atoms. The van der Waals surface area contributed by atoms with E-state index in [2.05, 4.69) is 46.1 Å². The van der Waals surface area contributed by atoms with Gasteiger partial charge in [-0.05, 0) is 41.6 Å². The number of pyridine rings is 1. The molecule has 1 aliphatic heterocycles. The summed E-state index contributed by atoms with van der Waals surface area (Å²) >= 11 is 1.74. The Morgan fingerprint density at radius 1 is 1.33 bits per heavy atom. The third-order valence-corrected chi connectivity index (χ3v) is 5.96. The molecule has 0 spiro atoms. The summed E-state index contributed by atoms with van der Waals surface area (Å²) < 4.78 is 1.26. The van der Waals surface area contributed by atoms with Gasteiger partial charge in [-0.3, -0.25) is 4.79 Å². The molecule has 0 atom stereocenters. The van der Waals surface area contributed by atoms with Crippen LogP contribution < -0.4 is 16.0 Å². The van der Waals surface area contributed by atoms with Crippen molar-refractivity contribution in [2.24, 2.45) is 0 Å². The highest BCUT2D eigenvalue weighted by Gasteiger charge is 2.09. The van der Waals surface area contributed by atoms with Crippen molar-refractivity contribution in [3.8, 4) is 0 Å². The standard InChI is InChI=1S/C21H22N4OS/c1-14-17-4-2-3-5-18(17)27-19(14)13-24-20(26)7-6-15-10-16-12-22-8-9-23-21(16)25-11-15/h2-7,10-11,22H,8-9,12-13H2,1H3,(H,23,25)(H,24,26). The summed E-state index contributed by atoms with van der Waals surface area (Å²) in [5.41, 5.74) is 3.29. The van der Waals surface area contributed by atoms with E-state index in [9.17, 15) is 4.79 Å². The maximum absolute atomic E-state index is 12.2. The van der Waals surface area contributed by atoms with Gasteiger partial charge in [0.1, 0.15) is 5.82 Å². The Balaban J connectivity index is 1.40. The number of anilines is 1. The fraction of sp³-hybridized carbons (Fsp3) is 0.238. The van der Waals surface area contributed by atoms with E-state index in [-0.39, 0.29) is 5.91 Å². The Morgan fingerprint density at radius 2 is 2.22 bits per heavy atom. The van der Waals surface area contributed by atoms with Gasteiger partial charge in [0.2, 0.25) is 5.91 Å². The van der Waals surface area contributed by atoms with Crippen LogP contribution in [0, 0.1) is 6.92 Å². The van der Waals surface area contributed by atoms with Crippen molar-refractivity contribution < 1.29 is 4.79 Å². The Morgan fingerprint density at radius 3 is 3.11 bits per heavy atom. The number of carbonyl (C=O) groups excluding carboxylic acids is 1. The van der Waals surface area contributed by atoms with Gasteiger partial charge in [-0.2, -0.15) is 0 Å². The van der Waals surface area contributed by atoms with Crippen molar-refractivity contribution in [1.82, 2.24) is 15.6 Å². The number of benzene rings is 1. The first-order chi connectivity index (χ1) is 13.2. The molecule has 0 fully saturated rings. The molecule has 0 aliphatic carbocycles. The minimum atomic E-state index is -0.0990. The summed E-state index contributed by atoms with van der Waals surface area (Å²) in [6, 6.07) is 10.4. The van der Waals surface area contributed by atoms with Crippen LogP contribution in [0.1, 0.15) is 21.6 Å². The number of fused-ring (bicyclic) bond motifs is 2. The zero-order chi connectivity index (χ0) is 18.6. The van der Waals surface area contributed by atoms with Crippen molar-refractivity contribution in [2.75, 3.05) is 18.4 Å². The van der Waals surface area contributed by atoms with Gasteiger partial charge in [0.05, 0.1) is 6.54 Å². The van der Waals surface area contributed by atoms with Crippen LogP contribution in [0.3, 0.4) is 0 Å². The van der Waals surface area contributed by atoms with Gasteiger partial charge in [-0.1, -0.05) is 18.2 Å². The van der Waals surface area contributed by atoms with E-state index in [1.807, 2.05) is 18.2 Å². The van der Waals surface area contributed by atoms with Gasteiger partial charge < -0.3 is 16.0 Å². The van der Waals surface area contributed by atoms with Gasteiger partial charge in [0.25, 0.3) is 0 Å². The van der Waals surface area contributed by atoms with E-state index in [0.29, 0.717) is 6.54 Å². The van der Waals surface area contributed by atoms with Crippen LogP contribution >= 0.6 is 11.3 Å². The fourth-order valence-corrected chi connectivity index (χ4v) is 4.35. The molecule has 1 aromatic carbocycles. The molecule has 0 saturated heterocycles. The summed E-state index contributed by atoms with van der Waals surface area (Å²) in [5.74, 6) is 0.819. The van der Waals surface area contributed by atoms with Crippen LogP contribution in [0.4, 0.5) is 5.82 Å². The fourth-order valence-electron chi connectivity index (χ4n) is 3.20. The molecule has 3 N–H and O–H groups in total. The summed E-state index contributed by atoms with van der Waals surface area (Å²) in [4.78, 5) is 17.9. The lowest BCUT2D eigenvalue weighted by Crippen LogP contribution is -2.20. The lowest BCUT2D eigenvalue weighted by Gasteiger charge is -2.06. The van der Waals surface area contributed by atoms with Crippen LogP contribution in [0.25, 0.3) is 16.2 Å². The highest BCUT2D eigenvalue weighted by molar-refractivity contribution is 7.19. The van der Waals surface area contributed by atoms with Crippen molar-refractivity contribution in [1.29, 1.82) is 0 Å². The first-order valence-electron chi connectivity index (χ1n) is 9.07. The molecule has 0 radical (unpaired) electrons. The topological polar surface area (TPSA) is 66.0 Å². The van der Waals surface area contributed by atoms with E-state index in [4.69, 9.17) is 0 Å². The summed E-state index contributed by atoms with van der Waals surface area (Å²) in [6.07, 6.45) is 5.17. The van der Waals surface area contributed by atoms with Gasteiger partial charge in [-0.15, -0.1) is 11.3 Å². The number of rotatable bonds is 4. The normalized spacial score (nSPS) is 14.0. The minimum Gasteiger partial charge on any atom is -0.369 e. The second-order valence-corrected chi connectivity index (χ2v) is 7.71. The molecule has 3 aromatic rings. The zero-order valence-electron chi connectivity index (χ0n) is 15.2. The monoisotopic (exact) mass is 378 g/mol. The highest BCUT2D eigenvalue weighted by Crippen LogP contribution is 2.30. The molecule has 3 heterocycles. The zero-order valence-corrected chi connectivity index (χ0v) is 16.0. The molecule has 5 nitrogen and oxygen atoms in total. The first kappa shape index (κ1) is 17.7. The van der Waals surface area contributed by atoms with E-state index >= 15 is 0 Å². The number of aromatic nitrogens is 1. The Bertz CT molecular complexity index is 1010. The third kappa shape index (κ3) is 4.02. The lowest BCUT2D eigenvalue weighted by molar-refractivity contribution is -0.116. The predicted octanol–water partition coefficient (Wildman–Crippen LogP) is 3.45. The SMILES string of the molecule is Cc1c(CNC(=O)C=Cc2cnc3c(c2)CNCCN3)sc2ccccc12. The van der Waals surface area contributed by atoms with Gasteiger partial charge in [0.15, 0.2) is 0 Å². The highest BCUT2D eigenvalue weighted by atomic mass is 32.1. The molecule has 4 rings (SSSR count). The maximum Gasteiger partial charge on any atom is 0.244 e. The van der Waals surface area contributed by atoms with Crippen LogP contribution in [0.15, 0.2) is 42.6 Å².